The van der Waals surface area contributed by atoms with Gasteiger partial charge in [0, 0.05) is 24.0 Å². The SMILES string of the molecule is COc1cccc(-c2cc(NC(=O)Cn3cccn3)ncn2)c1. The van der Waals surface area contributed by atoms with Gasteiger partial charge in [-0.15, -0.1) is 0 Å². The summed E-state index contributed by atoms with van der Waals surface area (Å²) >= 11 is 0. The summed E-state index contributed by atoms with van der Waals surface area (Å²) in [7, 11) is 1.61. The molecule has 0 fully saturated rings. The Kier molecular flexibility index (Phi) is 4.28. The molecule has 3 rings (SSSR count). The van der Waals surface area contributed by atoms with Gasteiger partial charge in [0.2, 0.25) is 5.91 Å². The molecule has 2 aromatic heterocycles. The number of carbonyl (C=O) groups excluding carboxylic acids is 1. The summed E-state index contributed by atoms with van der Waals surface area (Å²) in [5, 5.41) is 6.73. The Bertz CT molecular complexity index is 802. The van der Waals surface area contributed by atoms with Crippen molar-refractivity contribution < 1.29 is 9.53 Å². The zero-order valence-corrected chi connectivity index (χ0v) is 12.5. The number of rotatable bonds is 5. The van der Waals surface area contributed by atoms with Gasteiger partial charge < -0.3 is 10.1 Å². The van der Waals surface area contributed by atoms with E-state index in [1.165, 1.54) is 6.33 Å². The average Bonchev–Trinajstić information content (AvgIpc) is 3.08. The lowest BCUT2D eigenvalue weighted by molar-refractivity contribution is -0.116. The van der Waals surface area contributed by atoms with E-state index in [0.717, 1.165) is 11.3 Å². The van der Waals surface area contributed by atoms with Crippen molar-refractivity contribution in [2.75, 3.05) is 12.4 Å². The molecule has 0 radical (unpaired) electrons. The normalized spacial score (nSPS) is 10.3. The lowest BCUT2D eigenvalue weighted by Crippen LogP contribution is -2.19. The lowest BCUT2D eigenvalue weighted by atomic mass is 10.1. The van der Waals surface area contributed by atoms with E-state index in [9.17, 15) is 4.79 Å². The van der Waals surface area contributed by atoms with Crippen LogP contribution < -0.4 is 10.1 Å². The van der Waals surface area contributed by atoms with Crippen LogP contribution in [0.15, 0.2) is 55.1 Å². The third-order valence-electron chi connectivity index (χ3n) is 3.16. The molecule has 7 heteroatoms. The van der Waals surface area contributed by atoms with Gasteiger partial charge in [0.1, 0.15) is 24.4 Å². The second-order valence-electron chi connectivity index (χ2n) is 4.77. The van der Waals surface area contributed by atoms with E-state index in [1.54, 1.807) is 36.3 Å². The van der Waals surface area contributed by atoms with Crippen LogP contribution in [0.2, 0.25) is 0 Å². The molecule has 7 nitrogen and oxygen atoms in total. The predicted molar refractivity (Wildman–Crippen MR) is 84.9 cm³/mol. The molecule has 116 valence electrons. The Hall–Kier alpha value is -3.22. The highest BCUT2D eigenvalue weighted by molar-refractivity contribution is 5.90. The molecule has 0 atom stereocenters. The zero-order chi connectivity index (χ0) is 16.1. The maximum atomic E-state index is 12.0. The van der Waals surface area contributed by atoms with Crippen LogP contribution in [0.25, 0.3) is 11.3 Å². The number of anilines is 1. The zero-order valence-electron chi connectivity index (χ0n) is 12.5. The Morgan fingerprint density at radius 3 is 2.96 bits per heavy atom. The minimum atomic E-state index is -0.205. The highest BCUT2D eigenvalue weighted by atomic mass is 16.5. The number of amides is 1. The second kappa shape index (κ2) is 6.69. The topological polar surface area (TPSA) is 81.9 Å². The highest BCUT2D eigenvalue weighted by Crippen LogP contribution is 2.23. The van der Waals surface area contributed by atoms with Gasteiger partial charge in [0.15, 0.2) is 0 Å². The summed E-state index contributed by atoms with van der Waals surface area (Å²) in [6, 6.07) is 11.0. The van der Waals surface area contributed by atoms with Crippen LogP contribution in [-0.2, 0) is 11.3 Å². The number of benzene rings is 1. The third kappa shape index (κ3) is 3.70. The van der Waals surface area contributed by atoms with Crippen LogP contribution >= 0.6 is 0 Å². The Labute approximate surface area is 133 Å². The van der Waals surface area contributed by atoms with Gasteiger partial charge in [-0.25, -0.2) is 9.97 Å². The molecule has 0 aliphatic heterocycles. The van der Waals surface area contributed by atoms with Crippen molar-refractivity contribution in [3.8, 4) is 17.0 Å². The number of aromatic nitrogens is 4. The van der Waals surface area contributed by atoms with Crippen LogP contribution in [-0.4, -0.2) is 32.8 Å². The number of hydrogen-bond donors (Lipinski definition) is 1. The number of nitrogens with one attached hydrogen (secondary N) is 1. The first-order valence-corrected chi connectivity index (χ1v) is 6.98. The van der Waals surface area contributed by atoms with Crippen molar-refractivity contribution in [3.05, 3.63) is 55.1 Å². The molecular weight excluding hydrogens is 294 g/mol. The van der Waals surface area contributed by atoms with Crippen LogP contribution in [0.1, 0.15) is 0 Å². The molecule has 1 amide bonds. The van der Waals surface area contributed by atoms with E-state index < -0.39 is 0 Å². The molecular formula is C16H15N5O2. The van der Waals surface area contributed by atoms with Gasteiger partial charge in [0.05, 0.1) is 12.8 Å². The summed E-state index contributed by atoms with van der Waals surface area (Å²) in [5.74, 6) is 0.976. The molecule has 3 aromatic rings. The van der Waals surface area contributed by atoms with Crippen LogP contribution in [0.3, 0.4) is 0 Å². The van der Waals surface area contributed by atoms with E-state index in [0.29, 0.717) is 11.5 Å². The molecule has 0 spiro atoms. The van der Waals surface area contributed by atoms with Gasteiger partial charge in [-0.3, -0.25) is 9.48 Å². The first-order chi connectivity index (χ1) is 11.2. The number of hydrogen-bond acceptors (Lipinski definition) is 5. The molecule has 0 aliphatic carbocycles. The molecule has 23 heavy (non-hydrogen) atoms. The molecule has 0 bridgehead atoms. The summed E-state index contributed by atoms with van der Waals surface area (Å²) in [5.41, 5.74) is 1.59. The van der Waals surface area contributed by atoms with Crippen molar-refractivity contribution in [1.29, 1.82) is 0 Å². The average molecular weight is 309 g/mol. The van der Waals surface area contributed by atoms with E-state index >= 15 is 0 Å². The number of nitrogens with zero attached hydrogens (tertiary/aromatic N) is 4. The Balaban J connectivity index is 1.75. The largest absolute Gasteiger partial charge is 0.497 e. The van der Waals surface area contributed by atoms with Gasteiger partial charge >= 0.3 is 0 Å². The Morgan fingerprint density at radius 2 is 2.17 bits per heavy atom. The van der Waals surface area contributed by atoms with E-state index in [2.05, 4.69) is 20.4 Å². The van der Waals surface area contributed by atoms with Gasteiger partial charge in [-0.05, 0) is 18.2 Å². The van der Waals surface area contributed by atoms with Crippen molar-refractivity contribution in [1.82, 2.24) is 19.7 Å². The van der Waals surface area contributed by atoms with Crippen LogP contribution in [0.5, 0.6) is 5.75 Å². The van der Waals surface area contributed by atoms with Crippen molar-refractivity contribution >= 4 is 11.7 Å². The first kappa shape index (κ1) is 14.7. The van der Waals surface area contributed by atoms with E-state index in [4.69, 9.17) is 4.74 Å². The Morgan fingerprint density at radius 1 is 1.26 bits per heavy atom. The summed E-state index contributed by atoms with van der Waals surface area (Å²) in [4.78, 5) is 20.3. The summed E-state index contributed by atoms with van der Waals surface area (Å²) in [6.45, 7) is 0.130. The van der Waals surface area contributed by atoms with Gasteiger partial charge in [-0.1, -0.05) is 12.1 Å². The molecule has 1 aromatic carbocycles. The molecule has 0 aliphatic rings. The van der Waals surface area contributed by atoms with Gasteiger partial charge in [-0.2, -0.15) is 5.10 Å². The standard InChI is InChI=1S/C16H15N5O2/c1-23-13-5-2-4-12(8-13)14-9-15(18-11-17-14)20-16(22)10-21-7-3-6-19-21/h2-9,11H,10H2,1H3,(H,17,18,20,22). The van der Waals surface area contributed by atoms with Crippen LogP contribution in [0, 0.1) is 0 Å². The number of methoxy groups -OCH3 is 1. The van der Waals surface area contributed by atoms with E-state index in [1.807, 2.05) is 24.3 Å². The molecule has 2 heterocycles. The second-order valence-corrected chi connectivity index (χ2v) is 4.77. The first-order valence-electron chi connectivity index (χ1n) is 6.98. The minimum absolute atomic E-state index is 0.130. The fourth-order valence-electron chi connectivity index (χ4n) is 2.09. The molecule has 1 N–H and O–H groups in total. The highest BCUT2D eigenvalue weighted by Gasteiger charge is 2.07. The fraction of sp³-hybridized carbons (Fsp3) is 0.125. The third-order valence-corrected chi connectivity index (χ3v) is 3.16. The minimum Gasteiger partial charge on any atom is -0.497 e. The van der Waals surface area contributed by atoms with Crippen molar-refractivity contribution in [3.63, 3.8) is 0 Å². The summed E-state index contributed by atoms with van der Waals surface area (Å²) < 4.78 is 6.75. The maximum Gasteiger partial charge on any atom is 0.247 e. The number of carbonyl (C=O) groups is 1. The lowest BCUT2D eigenvalue weighted by Gasteiger charge is -2.07. The van der Waals surface area contributed by atoms with Crippen molar-refractivity contribution in [2.24, 2.45) is 0 Å². The van der Waals surface area contributed by atoms with Gasteiger partial charge in [0.25, 0.3) is 0 Å². The molecule has 0 saturated heterocycles. The predicted octanol–water partition coefficient (Wildman–Crippen LogP) is 1.99. The van der Waals surface area contributed by atoms with Crippen LogP contribution in [0.4, 0.5) is 5.82 Å². The smallest absolute Gasteiger partial charge is 0.247 e. The van der Waals surface area contributed by atoms with E-state index in [-0.39, 0.29) is 12.5 Å². The molecule has 0 saturated carbocycles. The maximum absolute atomic E-state index is 12.0. The van der Waals surface area contributed by atoms with Crippen molar-refractivity contribution in [2.45, 2.75) is 6.54 Å². The number of ether oxygens (including phenoxy) is 1. The quantitative estimate of drug-likeness (QED) is 0.779. The monoisotopic (exact) mass is 309 g/mol. The molecule has 0 unspecified atom stereocenters. The fourth-order valence-corrected chi connectivity index (χ4v) is 2.09. The summed E-state index contributed by atoms with van der Waals surface area (Å²) in [6.07, 6.45) is 4.76.